The third kappa shape index (κ3) is 3.02. The van der Waals surface area contributed by atoms with Crippen LogP contribution < -0.4 is 10.5 Å². The van der Waals surface area contributed by atoms with E-state index in [1.165, 1.54) is 0 Å². The van der Waals surface area contributed by atoms with Crippen LogP contribution in [-0.4, -0.2) is 12.6 Å². The Balaban J connectivity index is 1.98. The van der Waals surface area contributed by atoms with Gasteiger partial charge in [-0.3, -0.25) is 0 Å². The number of rotatable bonds is 3. The van der Waals surface area contributed by atoms with Gasteiger partial charge in [-0.05, 0) is 30.0 Å². The van der Waals surface area contributed by atoms with E-state index in [0.29, 0.717) is 16.3 Å². The van der Waals surface area contributed by atoms with Gasteiger partial charge in [-0.1, -0.05) is 60.1 Å². The minimum atomic E-state index is -0.487. The number of carbonyl (C=O) groups is 1. The summed E-state index contributed by atoms with van der Waals surface area (Å²) < 4.78 is 11.2. The molecule has 0 fully saturated rings. The molecule has 0 radical (unpaired) electrons. The van der Waals surface area contributed by atoms with E-state index in [-0.39, 0.29) is 12.5 Å². The van der Waals surface area contributed by atoms with Gasteiger partial charge in [-0.15, -0.1) is 0 Å². The fraction of sp³-hybridized carbons (Fsp3) is 0.136. The number of esters is 1. The number of halogens is 1. The predicted molar refractivity (Wildman–Crippen MR) is 106 cm³/mol. The summed E-state index contributed by atoms with van der Waals surface area (Å²) in [5.74, 6) is -0.194. The van der Waals surface area contributed by atoms with Crippen LogP contribution in [0.2, 0.25) is 5.02 Å². The van der Waals surface area contributed by atoms with Crippen molar-refractivity contribution in [2.45, 2.75) is 12.8 Å². The monoisotopic (exact) mass is 379 g/mol. The third-order valence-electron chi connectivity index (χ3n) is 4.66. The van der Waals surface area contributed by atoms with Gasteiger partial charge >= 0.3 is 5.97 Å². The molecule has 0 spiro atoms. The molecule has 5 heteroatoms. The summed E-state index contributed by atoms with van der Waals surface area (Å²) in [5.41, 5.74) is 8.21. The Kier molecular flexibility index (Phi) is 4.50. The third-order valence-corrected chi connectivity index (χ3v) is 4.90. The van der Waals surface area contributed by atoms with Crippen LogP contribution in [0.4, 0.5) is 0 Å². The van der Waals surface area contributed by atoms with Crippen molar-refractivity contribution in [3.63, 3.8) is 0 Å². The lowest BCUT2D eigenvalue weighted by Gasteiger charge is -2.29. The zero-order valence-corrected chi connectivity index (χ0v) is 15.5. The van der Waals surface area contributed by atoms with Gasteiger partial charge in [0.15, 0.2) is 0 Å². The second-order valence-electron chi connectivity index (χ2n) is 6.29. The quantitative estimate of drug-likeness (QED) is 0.667. The smallest absolute Gasteiger partial charge is 0.340 e. The van der Waals surface area contributed by atoms with Crippen LogP contribution in [0.5, 0.6) is 5.75 Å². The Morgan fingerprint density at radius 3 is 2.74 bits per heavy atom. The van der Waals surface area contributed by atoms with Crippen molar-refractivity contribution in [2.24, 2.45) is 5.73 Å². The zero-order chi connectivity index (χ0) is 19.0. The van der Waals surface area contributed by atoms with Gasteiger partial charge in [0, 0.05) is 16.0 Å². The highest BCUT2D eigenvalue weighted by Crippen LogP contribution is 2.46. The highest BCUT2D eigenvalue weighted by atomic mass is 35.5. The molecule has 136 valence electrons. The minimum Gasteiger partial charge on any atom is -0.462 e. The van der Waals surface area contributed by atoms with Gasteiger partial charge in [-0.25, -0.2) is 4.79 Å². The van der Waals surface area contributed by atoms with E-state index in [2.05, 4.69) is 0 Å². The van der Waals surface area contributed by atoms with Gasteiger partial charge < -0.3 is 15.2 Å². The molecule has 0 saturated heterocycles. The Morgan fingerprint density at radius 1 is 1.15 bits per heavy atom. The highest BCUT2D eigenvalue weighted by Gasteiger charge is 2.36. The molecular weight excluding hydrogens is 362 g/mol. The van der Waals surface area contributed by atoms with Crippen molar-refractivity contribution in [2.75, 3.05) is 6.61 Å². The van der Waals surface area contributed by atoms with Crippen molar-refractivity contribution in [1.82, 2.24) is 0 Å². The van der Waals surface area contributed by atoms with Crippen LogP contribution in [-0.2, 0) is 9.53 Å². The first-order valence-electron chi connectivity index (χ1n) is 8.72. The first-order chi connectivity index (χ1) is 13.1. The van der Waals surface area contributed by atoms with Crippen LogP contribution in [0, 0.1) is 0 Å². The molecule has 0 saturated carbocycles. The molecule has 4 rings (SSSR count). The van der Waals surface area contributed by atoms with Crippen LogP contribution in [0.25, 0.3) is 10.8 Å². The Labute approximate surface area is 162 Å². The van der Waals surface area contributed by atoms with E-state index in [9.17, 15) is 4.79 Å². The second kappa shape index (κ2) is 6.97. The van der Waals surface area contributed by atoms with E-state index < -0.39 is 11.9 Å². The number of hydrogen-bond acceptors (Lipinski definition) is 4. The van der Waals surface area contributed by atoms with Crippen LogP contribution in [0.3, 0.4) is 0 Å². The summed E-state index contributed by atoms with van der Waals surface area (Å²) in [6.45, 7) is 2.01. The van der Waals surface area contributed by atoms with Gasteiger partial charge in [-0.2, -0.15) is 0 Å². The van der Waals surface area contributed by atoms with Gasteiger partial charge in [0.25, 0.3) is 0 Å². The van der Waals surface area contributed by atoms with Gasteiger partial charge in [0.2, 0.25) is 5.88 Å². The molecule has 1 atom stereocenters. The molecule has 0 aromatic heterocycles. The largest absolute Gasteiger partial charge is 0.462 e. The van der Waals surface area contributed by atoms with Crippen molar-refractivity contribution in [3.8, 4) is 5.75 Å². The molecule has 1 unspecified atom stereocenters. The number of carbonyl (C=O) groups excluding carboxylic acids is 1. The van der Waals surface area contributed by atoms with E-state index in [1.807, 2.05) is 54.6 Å². The molecule has 3 aromatic carbocycles. The van der Waals surface area contributed by atoms with Crippen LogP contribution in [0.15, 0.2) is 72.1 Å². The first-order valence-corrected chi connectivity index (χ1v) is 9.09. The Bertz CT molecular complexity index is 1070. The Hall–Kier alpha value is -2.98. The fourth-order valence-corrected chi connectivity index (χ4v) is 3.72. The molecule has 1 aliphatic heterocycles. The number of benzene rings is 3. The summed E-state index contributed by atoms with van der Waals surface area (Å²) in [7, 11) is 0. The van der Waals surface area contributed by atoms with Crippen molar-refractivity contribution >= 4 is 28.3 Å². The standard InChI is InChI=1S/C22H18ClNO3/c1-2-26-22(25)19-18(14-7-5-8-15(23)12-14)17-11-10-13-6-3-4-9-16(13)20(17)27-21(19)24/h3-12,18H,2,24H2,1H3. The lowest BCUT2D eigenvalue weighted by atomic mass is 9.82. The maximum Gasteiger partial charge on any atom is 0.340 e. The molecule has 0 bridgehead atoms. The molecule has 1 aliphatic rings. The number of ether oxygens (including phenoxy) is 2. The second-order valence-corrected chi connectivity index (χ2v) is 6.73. The lowest BCUT2D eigenvalue weighted by molar-refractivity contribution is -0.139. The first kappa shape index (κ1) is 17.4. The van der Waals surface area contributed by atoms with E-state index in [0.717, 1.165) is 21.9 Å². The topological polar surface area (TPSA) is 61.5 Å². The Morgan fingerprint density at radius 2 is 1.96 bits per heavy atom. The van der Waals surface area contributed by atoms with Gasteiger partial charge in [0.1, 0.15) is 11.3 Å². The van der Waals surface area contributed by atoms with Crippen LogP contribution in [0.1, 0.15) is 24.0 Å². The zero-order valence-electron chi connectivity index (χ0n) is 14.7. The predicted octanol–water partition coefficient (Wildman–Crippen LogP) is 4.75. The molecule has 0 amide bonds. The molecule has 0 aliphatic carbocycles. The summed E-state index contributed by atoms with van der Waals surface area (Å²) in [6.07, 6.45) is 0. The highest BCUT2D eigenvalue weighted by molar-refractivity contribution is 6.30. The van der Waals surface area contributed by atoms with E-state index in [4.69, 9.17) is 26.8 Å². The minimum absolute atomic E-state index is 0.0577. The molecule has 3 aromatic rings. The van der Waals surface area contributed by atoms with E-state index in [1.54, 1.807) is 13.0 Å². The molecule has 1 heterocycles. The van der Waals surface area contributed by atoms with Crippen molar-refractivity contribution in [3.05, 3.63) is 88.3 Å². The summed E-state index contributed by atoms with van der Waals surface area (Å²) >= 11 is 6.22. The van der Waals surface area contributed by atoms with Gasteiger partial charge in [0.05, 0.1) is 12.5 Å². The summed E-state index contributed by atoms with van der Waals surface area (Å²) in [4.78, 5) is 12.7. The molecule has 4 nitrogen and oxygen atoms in total. The maximum absolute atomic E-state index is 12.7. The fourth-order valence-electron chi connectivity index (χ4n) is 3.52. The number of fused-ring (bicyclic) bond motifs is 3. The number of nitrogens with two attached hydrogens (primary N) is 1. The van der Waals surface area contributed by atoms with E-state index >= 15 is 0 Å². The van der Waals surface area contributed by atoms with Crippen LogP contribution >= 0.6 is 11.6 Å². The summed E-state index contributed by atoms with van der Waals surface area (Å²) in [6, 6.07) is 19.3. The average Bonchev–Trinajstić information content (AvgIpc) is 2.67. The maximum atomic E-state index is 12.7. The van der Waals surface area contributed by atoms with Crippen molar-refractivity contribution in [1.29, 1.82) is 0 Å². The number of hydrogen-bond donors (Lipinski definition) is 1. The molecule has 27 heavy (non-hydrogen) atoms. The normalized spacial score (nSPS) is 16.0. The average molecular weight is 380 g/mol. The molecule has 2 N–H and O–H groups in total. The molecular formula is C22H18ClNO3. The van der Waals surface area contributed by atoms with Crippen molar-refractivity contribution < 1.29 is 14.3 Å². The lowest BCUT2D eigenvalue weighted by Crippen LogP contribution is -2.27. The summed E-state index contributed by atoms with van der Waals surface area (Å²) in [5, 5.41) is 2.56. The SMILES string of the molecule is CCOC(=O)C1=C(N)Oc2c(ccc3ccccc23)C1c1cccc(Cl)c1.